The molecule has 2 amide bonds. The Morgan fingerprint density at radius 1 is 1.31 bits per heavy atom. The van der Waals surface area contributed by atoms with E-state index in [1.54, 1.807) is 43.0 Å². The predicted molar refractivity (Wildman–Crippen MR) is 104 cm³/mol. The number of amides is 2. The Kier molecular flexibility index (Phi) is 8.00. The summed E-state index contributed by atoms with van der Waals surface area (Å²) in [6.45, 7) is 3.08. The van der Waals surface area contributed by atoms with Gasteiger partial charge in [0.15, 0.2) is 0 Å². The number of benzene rings is 1. The first kappa shape index (κ1) is 23.1. The molecule has 1 fully saturated rings. The van der Waals surface area contributed by atoms with E-state index in [0.717, 1.165) is 4.90 Å². The number of carbonyl (C=O) groups is 2. The molecule has 1 aromatic rings. The van der Waals surface area contributed by atoms with Crippen LogP contribution in [0.1, 0.15) is 13.8 Å². The molecular weight excluding hydrogens is 389 g/mol. The van der Waals surface area contributed by atoms with Crippen LogP contribution in [0, 0.1) is 5.92 Å². The minimum atomic E-state index is -4.44. The molecule has 1 heterocycles. The lowest BCUT2D eigenvalue weighted by molar-refractivity contribution is -0.154. The smallest absolute Gasteiger partial charge is 0.370 e. The number of alkyl halides is 3. The molecule has 1 aliphatic heterocycles. The van der Waals surface area contributed by atoms with E-state index in [4.69, 9.17) is 10.5 Å². The Morgan fingerprint density at radius 2 is 1.97 bits per heavy atom. The van der Waals surface area contributed by atoms with E-state index < -0.39 is 24.7 Å². The molecule has 0 aliphatic carbocycles. The number of ether oxygens (including phenoxy) is 1. The molecule has 0 bridgehead atoms. The fourth-order valence-electron chi connectivity index (χ4n) is 3.16. The third-order valence-corrected chi connectivity index (χ3v) is 4.38. The number of nitrogens with one attached hydrogen (secondary N) is 1. The lowest BCUT2D eigenvalue weighted by atomic mass is 10.1. The van der Waals surface area contributed by atoms with Gasteiger partial charge in [0.05, 0.1) is 13.2 Å². The van der Waals surface area contributed by atoms with Crippen molar-refractivity contribution in [1.82, 2.24) is 4.90 Å². The van der Waals surface area contributed by atoms with Gasteiger partial charge in [0, 0.05) is 31.0 Å². The number of rotatable bonds is 8. The van der Waals surface area contributed by atoms with E-state index in [9.17, 15) is 22.8 Å². The Balaban J connectivity index is 2.08. The summed E-state index contributed by atoms with van der Waals surface area (Å²) in [5.41, 5.74) is 6.70. The van der Waals surface area contributed by atoms with Crippen LogP contribution in [0.3, 0.4) is 0 Å². The van der Waals surface area contributed by atoms with Gasteiger partial charge in [0.25, 0.3) is 5.91 Å². The van der Waals surface area contributed by atoms with Crippen molar-refractivity contribution in [2.45, 2.75) is 26.1 Å². The van der Waals surface area contributed by atoms with Crippen molar-refractivity contribution in [2.75, 3.05) is 49.6 Å². The summed E-state index contributed by atoms with van der Waals surface area (Å²) in [6.07, 6.45) is -4.44. The highest BCUT2D eigenvalue weighted by Crippen LogP contribution is 2.22. The van der Waals surface area contributed by atoms with Crippen LogP contribution in [0.15, 0.2) is 24.3 Å². The molecular formula is C19H27F3N4O3. The molecule has 7 nitrogen and oxygen atoms in total. The standard InChI is InChI=1S/C19H27F3N4O3/c1-13(2)10-25(12-19(20,21)22)16(9-23)18(28)24-14-3-5-15(6-4-14)26-7-8-29-11-17(26)27/h3-6,13,16H,7-12,23H2,1-2H3,(H,24,28)/t16-/m0/s1. The summed E-state index contributed by atoms with van der Waals surface area (Å²) in [4.78, 5) is 27.1. The highest BCUT2D eigenvalue weighted by molar-refractivity contribution is 5.97. The topological polar surface area (TPSA) is 87.9 Å². The van der Waals surface area contributed by atoms with Crippen LogP contribution in [0.4, 0.5) is 24.5 Å². The van der Waals surface area contributed by atoms with Crippen LogP contribution in [0.5, 0.6) is 0 Å². The Labute approximate surface area is 168 Å². The first-order valence-corrected chi connectivity index (χ1v) is 9.40. The van der Waals surface area contributed by atoms with Gasteiger partial charge < -0.3 is 20.7 Å². The van der Waals surface area contributed by atoms with Gasteiger partial charge in [-0.15, -0.1) is 0 Å². The van der Waals surface area contributed by atoms with Gasteiger partial charge in [-0.3, -0.25) is 14.5 Å². The Morgan fingerprint density at radius 3 is 2.48 bits per heavy atom. The molecule has 2 rings (SSSR count). The van der Waals surface area contributed by atoms with Gasteiger partial charge in [-0.25, -0.2) is 0 Å². The molecule has 1 aliphatic rings. The minimum absolute atomic E-state index is 0.0154. The van der Waals surface area contributed by atoms with Crippen molar-refractivity contribution in [1.29, 1.82) is 0 Å². The maximum atomic E-state index is 12.9. The number of hydrogen-bond acceptors (Lipinski definition) is 5. The maximum Gasteiger partial charge on any atom is 0.401 e. The highest BCUT2D eigenvalue weighted by atomic mass is 19.4. The molecule has 162 valence electrons. The number of morpholine rings is 1. The summed E-state index contributed by atoms with van der Waals surface area (Å²) in [6, 6.07) is 5.41. The van der Waals surface area contributed by atoms with Gasteiger partial charge in [-0.1, -0.05) is 13.8 Å². The first-order chi connectivity index (χ1) is 13.6. The molecule has 1 aromatic carbocycles. The molecule has 1 atom stereocenters. The lowest BCUT2D eigenvalue weighted by Gasteiger charge is -2.32. The van der Waals surface area contributed by atoms with Gasteiger partial charge in [0.2, 0.25) is 5.91 Å². The molecule has 0 saturated carbocycles. The van der Waals surface area contributed by atoms with E-state index in [1.165, 1.54) is 0 Å². The quantitative estimate of drug-likeness (QED) is 0.675. The summed E-state index contributed by atoms with van der Waals surface area (Å²) < 4.78 is 43.9. The Bertz CT molecular complexity index is 695. The van der Waals surface area contributed by atoms with Crippen LogP contribution in [-0.4, -0.2) is 68.3 Å². The van der Waals surface area contributed by atoms with E-state index in [1.807, 2.05) is 0 Å². The summed E-state index contributed by atoms with van der Waals surface area (Å²) in [5.74, 6) is -0.829. The predicted octanol–water partition coefficient (Wildman–Crippen LogP) is 1.84. The first-order valence-electron chi connectivity index (χ1n) is 9.40. The monoisotopic (exact) mass is 416 g/mol. The summed E-state index contributed by atoms with van der Waals surface area (Å²) in [7, 11) is 0. The van der Waals surface area contributed by atoms with E-state index in [-0.39, 0.29) is 31.5 Å². The van der Waals surface area contributed by atoms with Crippen molar-refractivity contribution >= 4 is 23.2 Å². The van der Waals surface area contributed by atoms with E-state index in [0.29, 0.717) is 24.5 Å². The van der Waals surface area contributed by atoms with Gasteiger partial charge in [-0.05, 0) is 30.2 Å². The number of anilines is 2. The fourth-order valence-corrected chi connectivity index (χ4v) is 3.16. The number of halogens is 3. The largest absolute Gasteiger partial charge is 0.401 e. The molecule has 10 heteroatoms. The highest BCUT2D eigenvalue weighted by Gasteiger charge is 2.36. The molecule has 3 N–H and O–H groups in total. The molecule has 0 spiro atoms. The zero-order valence-corrected chi connectivity index (χ0v) is 16.5. The van der Waals surface area contributed by atoms with E-state index >= 15 is 0 Å². The zero-order chi connectivity index (χ0) is 21.6. The Hall–Kier alpha value is -2.17. The minimum Gasteiger partial charge on any atom is -0.370 e. The SMILES string of the molecule is CC(C)CN(CC(F)(F)F)[C@@H](CN)C(=O)Nc1ccc(N2CCOCC2=O)cc1. The second-order valence-corrected chi connectivity index (χ2v) is 7.32. The van der Waals surface area contributed by atoms with Gasteiger partial charge >= 0.3 is 6.18 Å². The number of hydrogen-bond donors (Lipinski definition) is 2. The number of carbonyl (C=O) groups excluding carboxylic acids is 2. The normalized spacial score (nSPS) is 16.4. The molecule has 29 heavy (non-hydrogen) atoms. The molecule has 0 radical (unpaired) electrons. The van der Waals surface area contributed by atoms with Crippen LogP contribution < -0.4 is 16.0 Å². The van der Waals surface area contributed by atoms with Gasteiger partial charge in [0.1, 0.15) is 12.6 Å². The molecule has 0 unspecified atom stereocenters. The van der Waals surface area contributed by atoms with Crippen LogP contribution in [0.25, 0.3) is 0 Å². The zero-order valence-electron chi connectivity index (χ0n) is 16.5. The van der Waals surface area contributed by atoms with Crippen LogP contribution in [0.2, 0.25) is 0 Å². The summed E-state index contributed by atoms with van der Waals surface area (Å²) in [5, 5.41) is 2.62. The lowest BCUT2D eigenvalue weighted by Crippen LogP contribution is -2.52. The second-order valence-electron chi connectivity index (χ2n) is 7.32. The van der Waals surface area contributed by atoms with Crippen LogP contribution >= 0.6 is 0 Å². The number of nitrogens with two attached hydrogens (primary N) is 1. The van der Waals surface area contributed by atoms with Crippen molar-refractivity contribution in [2.24, 2.45) is 11.7 Å². The average molecular weight is 416 g/mol. The van der Waals surface area contributed by atoms with Crippen molar-refractivity contribution < 1.29 is 27.5 Å². The summed E-state index contributed by atoms with van der Waals surface area (Å²) >= 11 is 0. The third kappa shape index (κ3) is 6.98. The van der Waals surface area contributed by atoms with Gasteiger partial charge in [-0.2, -0.15) is 13.2 Å². The molecule has 1 saturated heterocycles. The fraction of sp³-hybridized carbons (Fsp3) is 0.579. The second kappa shape index (κ2) is 10.0. The molecule has 0 aromatic heterocycles. The average Bonchev–Trinajstić information content (AvgIpc) is 2.61. The van der Waals surface area contributed by atoms with Crippen molar-refractivity contribution in [3.63, 3.8) is 0 Å². The van der Waals surface area contributed by atoms with Crippen molar-refractivity contribution in [3.05, 3.63) is 24.3 Å². The van der Waals surface area contributed by atoms with Crippen LogP contribution in [-0.2, 0) is 14.3 Å². The third-order valence-electron chi connectivity index (χ3n) is 4.38. The van der Waals surface area contributed by atoms with E-state index in [2.05, 4.69) is 5.32 Å². The maximum absolute atomic E-state index is 12.9. The number of nitrogens with zero attached hydrogens (tertiary/aromatic N) is 2. The van der Waals surface area contributed by atoms with Crippen molar-refractivity contribution in [3.8, 4) is 0 Å².